The molecule has 1 saturated carbocycles. The van der Waals surface area contributed by atoms with Crippen molar-refractivity contribution in [1.82, 2.24) is 10.2 Å². The molecule has 2 atom stereocenters. The number of aromatic nitrogens is 2. The maximum absolute atomic E-state index is 5.56. The lowest BCUT2D eigenvalue weighted by molar-refractivity contribution is 0.100. The summed E-state index contributed by atoms with van der Waals surface area (Å²) < 4.78 is 10.6. The largest absolute Gasteiger partial charge is 0.407 e. The van der Waals surface area contributed by atoms with Crippen LogP contribution in [0.25, 0.3) is 0 Å². The van der Waals surface area contributed by atoms with Gasteiger partial charge < -0.3 is 14.5 Å². The Morgan fingerprint density at radius 3 is 3.07 bits per heavy atom. The van der Waals surface area contributed by atoms with Gasteiger partial charge in [-0.05, 0) is 19.3 Å². The molecule has 1 fully saturated rings. The Bertz CT molecular complexity index is 318. The summed E-state index contributed by atoms with van der Waals surface area (Å²) in [6, 6.07) is 0.693. The van der Waals surface area contributed by atoms with Crippen LogP contribution >= 0.6 is 11.6 Å². The van der Waals surface area contributed by atoms with Gasteiger partial charge in [0.1, 0.15) is 5.88 Å². The fourth-order valence-corrected chi connectivity index (χ4v) is 2.01. The van der Waals surface area contributed by atoms with Crippen LogP contribution in [0.3, 0.4) is 0 Å². The fraction of sp³-hybridized carbons (Fsp3) is 0.778. The number of nitrogens with zero attached hydrogens (tertiary/aromatic N) is 2. The van der Waals surface area contributed by atoms with Crippen molar-refractivity contribution >= 4 is 17.6 Å². The van der Waals surface area contributed by atoms with Gasteiger partial charge in [0, 0.05) is 7.11 Å². The Morgan fingerprint density at radius 1 is 1.53 bits per heavy atom. The van der Waals surface area contributed by atoms with E-state index in [2.05, 4.69) is 15.5 Å². The van der Waals surface area contributed by atoms with Gasteiger partial charge in [-0.2, -0.15) is 0 Å². The van der Waals surface area contributed by atoms with E-state index in [9.17, 15) is 0 Å². The van der Waals surface area contributed by atoms with Crippen molar-refractivity contribution in [2.24, 2.45) is 0 Å². The van der Waals surface area contributed by atoms with Gasteiger partial charge in [-0.25, -0.2) is 0 Å². The molecule has 2 unspecified atom stereocenters. The number of nitrogens with one attached hydrogen (secondary N) is 1. The molecule has 1 aliphatic rings. The second-order valence-electron chi connectivity index (χ2n) is 3.59. The van der Waals surface area contributed by atoms with E-state index < -0.39 is 0 Å². The van der Waals surface area contributed by atoms with Crippen molar-refractivity contribution in [3.05, 3.63) is 5.89 Å². The molecule has 1 aliphatic carbocycles. The maximum Gasteiger partial charge on any atom is 0.315 e. The molecule has 2 rings (SSSR count). The lowest BCUT2D eigenvalue weighted by Crippen LogP contribution is -2.29. The van der Waals surface area contributed by atoms with E-state index in [1.54, 1.807) is 7.11 Å². The van der Waals surface area contributed by atoms with Gasteiger partial charge in [0.05, 0.1) is 12.1 Å². The number of halogens is 1. The van der Waals surface area contributed by atoms with Crippen LogP contribution in [0.2, 0.25) is 0 Å². The van der Waals surface area contributed by atoms with Crippen molar-refractivity contribution in [3.8, 4) is 0 Å². The van der Waals surface area contributed by atoms with Crippen LogP contribution in [0.4, 0.5) is 6.01 Å². The second kappa shape index (κ2) is 4.81. The number of hydrogen-bond acceptors (Lipinski definition) is 5. The number of hydrogen-bond donors (Lipinski definition) is 1. The van der Waals surface area contributed by atoms with Crippen LogP contribution in [-0.2, 0) is 10.6 Å². The molecule has 0 saturated heterocycles. The predicted octanol–water partition coefficient (Wildman–Crippen LogP) is 1.79. The minimum atomic E-state index is 0.233. The standard InChI is InChI=1S/C9H14ClN3O2/c1-14-7-4-2-3-6(7)11-9-13-12-8(5-10)15-9/h6-7H,2-5H2,1H3,(H,11,13). The highest BCUT2D eigenvalue weighted by Gasteiger charge is 2.28. The first-order valence-electron chi connectivity index (χ1n) is 5.01. The van der Waals surface area contributed by atoms with Gasteiger partial charge in [-0.3, -0.25) is 0 Å². The van der Waals surface area contributed by atoms with Crippen LogP contribution in [0.5, 0.6) is 0 Å². The predicted molar refractivity (Wildman–Crippen MR) is 55.9 cm³/mol. The minimum Gasteiger partial charge on any atom is -0.407 e. The summed E-state index contributed by atoms with van der Waals surface area (Å²) >= 11 is 5.56. The van der Waals surface area contributed by atoms with Crippen molar-refractivity contribution in [2.45, 2.75) is 37.3 Å². The van der Waals surface area contributed by atoms with Crippen LogP contribution < -0.4 is 5.32 Å². The first-order valence-corrected chi connectivity index (χ1v) is 5.54. The maximum atomic E-state index is 5.56. The summed E-state index contributed by atoms with van der Waals surface area (Å²) in [4.78, 5) is 0. The fourth-order valence-electron chi connectivity index (χ4n) is 1.90. The zero-order valence-electron chi connectivity index (χ0n) is 8.57. The second-order valence-corrected chi connectivity index (χ2v) is 3.86. The number of anilines is 1. The number of alkyl halides is 1. The molecule has 1 N–H and O–H groups in total. The SMILES string of the molecule is COC1CCCC1Nc1nnc(CCl)o1. The smallest absolute Gasteiger partial charge is 0.315 e. The van der Waals surface area contributed by atoms with Crippen molar-refractivity contribution in [3.63, 3.8) is 0 Å². The number of rotatable bonds is 4. The Kier molecular flexibility index (Phi) is 3.43. The first-order chi connectivity index (χ1) is 7.33. The number of ether oxygens (including phenoxy) is 1. The van der Waals surface area contributed by atoms with E-state index in [0.717, 1.165) is 19.3 Å². The molecular formula is C9H14ClN3O2. The van der Waals surface area contributed by atoms with Crippen molar-refractivity contribution in [1.29, 1.82) is 0 Å². The normalized spacial score (nSPS) is 25.7. The highest BCUT2D eigenvalue weighted by molar-refractivity contribution is 6.16. The molecule has 0 bridgehead atoms. The monoisotopic (exact) mass is 231 g/mol. The average Bonchev–Trinajstić information content (AvgIpc) is 2.87. The molecule has 84 valence electrons. The molecule has 0 radical (unpaired) electrons. The Hall–Kier alpha value is -0.810. The van der Waals surface area contributed by atoms with Crippen LogP contribution in [0, 0.1) is 0 Å². The third-order valence-corrected chi connectivity index (χ3v) is 2.87. The summed E-state index contributed by atoms with van der Waals surface area (Å²) in [6.07, 6.45) is 3.53. The van der Waals surface area contributed by atoms with Gasteiger partial charge in [0.2, 0.25) is 5.89 Å². The van der Waals surface area contributed by atoms with Crippen LogP contribution in [0.15, 0.2) is 4.42 Å². The Morgan fingerprint density at radius 2 is 2.40 bits per heavy atom. The molecule has 1 aromatic rings. The third kappa shape index (κ3) is 2.41. The highest BCUT2D eigenvalue weighted by atomic mass is 35.5. The molecule has 1 heterocycles. The van der Waals surface area contributed by atoms with E-state index in [1.165, 1.54) is 0 Å². The van der Waals surface area contributed by atoms with E-state index in [0.29, 0.717) is 11.9 Å². The van der Waals surface area contributed by atoms with Gasteiger partial charge in [0.25, 0.3) is 0 Å². The minimum absolute atomic E-state index is 0.233. The summed E-state index contributed by atoms with van der Waals surface area (Å²) in [5, 5.41) is 10.8. The Balaban J connectivity index is 1.95. The molecule has 0 amide bonds. The van der Waals surface area contributed by atoms with E-state index >= 15 is 0 Å². The number of methoxy groups -OCH3 is 1. The zero-order chi connectivity index (χ0) is 10.7. The van der Waals surface area contributed by atoms with Crippen molar-refractivity contribution < 1.29 is 9.15 Å². The molecule has 0 aliphatic heterocycles. The van der Waals surface area contributed by atoms with E-state index in [1.807, 2.05) is 0 Å². The van der Waals surface area contributed by atoms with Crippen molar-refractivity contribution in [2.75, 3.05) is 12.4 Å². The van der Waals surface area contributed by atoms with Gasteiger partial charge in [-0.15, -0.1) is 16.7 Å². The molecule has 6 heteroatoms. The van der Waals surface area contributed by atoms with E-state index in [4.69, 9.17) is 20.8 Å². The van der Waals surface area contributed by atoms with Crippen LogP contribution in [-0.4, -0.2) is 29.5 Å². The Labute approximate surface area is 93.1 Å². The first kappa shape index (κ1) is 10.7. The zero-order valence-corrected chi connectivity index (χ0v) is 9.33. The average molecular weight is 232 g/mol. The summed E-state index contributed by atoms with van der Waals surface area (Å²) in [5.74, 6) is 0.679. The molecule has 0 spiro atoms. The van der Waals surface area contributed by atoms with E-state index in [-0.39, 0.29) is 18.0 Å². The summed E-state index contributed by atoms with van der Waals surface area (Å²) in [7, 11) is 1.72. The summed E-state index contributed by atoms with van der Waals surface area (Å²) in [5.41, 5.74) is 0. The summed E-state index contributed by atoms with van der Waals surface area (Å²) in [6.45, 7) is 0. The molecule has 0 aromatic carbocycles. The highest BCUT2D eigenvalue weighted by Crippen LogP contribution is 2.24. The quantitative estimate of drug-likeness (QED) is 0.801. The van der Waals surface area contributed by atoms with Crippen LogP contribution in [0.1, 0.15) is 25.2 Å². The molecule has 5 nitrogen and oxygen atoms in total. The molecule has 1 aromatic heterocycles. The van der Waals surface area contributed by atoms with Gasteiger partial charge >= 0.3 is 6.01 Å². The topological polar surface area (TPSA) is 60.2 Å². The molecule has 15 heavy (non-hydrogen) atoms. The lowest BCUT2D eigenvalue weighted by Gasteiger charge is -2.17. The lowest BCUT2D eigenvalue weighted by atomic mass is 10.2. The third-order valence-electron chi connectivity index (χ3n) is 2.65. The van der Waals surface area contributed by atoms with Gasteiger partial charge in [0.15, 0.2) is 0 Å². The van der Waals surface area contributed by atoms with Gasteiger partial charge in [-0.1, -0.05) is 5.10 Å². The molecular weight excluding hydrogens is 218 g/mol.